The Balaban J connectivity index is 1.88. The normalized spacial score (nSPS) is 12.4. The Kier molecular flexibility index (Phi) is 6.12. The summed E-state index contributed by atoms with van der Waals surface area (Å²) in [5, 5.41) is 6.03. The fourth-order valence-electron chi connectivity index (χ4n) is 2.14. The Morgan fingerprint density at radius 3 is 2.83 bits per heavy atom. The minimum atomic E-state index is -0.551. The average molecular weight is 339 g/mol. The van der Waals surface area contributed by atoms with Crippen molar-refractivity contribution in [2.45, 2.75) is 26.4 Å². The SMILES string of the molecule is CC(C)[C@H](Cn1ccnc1)NCC(=O)Nc1ccc(Cl)cc1F. The van der Waals surface area contributed by atoms with E-state index in [-0.39, 0.29) is 24.2 Å². The molecule has 0 saturated heterocycles. The van der Waals surface area contributed by atoms with Crippen LogP contribution in [0.2, 0.25) is 5.02 Å². The number of anilines is 1. The summed E-state index contributed by atoms with van der Waals surface area (Å²) >= 11 is 5.69. The highest BCUT2D eigenvalue weighted by molar-refractivity contribution is 6.30. The summed E-state index contributed by atoms with van der Waals surface area (Å²) in [6.45, 7) is 4.95. The molecule has 0 aliphatic heterocycles. The Labute approximate surface area is 139 Å². The number of nitrogens with zero attached hydrogens (tertiary/aromatic N) is 2. The molecule has 0 aliphatic carbocycles. The Morgan fingerprint density at radius 1 is 1.43 bits per heavy atom. The second-order valence-corrected chi connectivity index (χ2v) is 6.10. The maximum atomic E-state index is 13.7. The van der Waals surface area contributed by atoms with Crippen molar-refractivity contribution < 1.29 is 9.18 Å². The number of aromatic nitrogens is 2. The van der Waals surface area contributed by atoms with Gasteiger partial charge in [-0.2, -0.15) is 0 Å². The van der Waals surface area contributed by atoms with Gasteiger partial charge in [0.15, 0.2) is 0 Å². The molecule has 1 aromatic carbocycles. The predicted molar refractivity (Wildman–Crippen MR) is 88.9 cm³/mol. The zero-order valence-electron chi connectivity index (χ0n) is 13.1. The van der Waals surface area contributed by atoms with Gasteiger partial charge in [0.2, 0.25) is 5.91 Å². The van der Waals surface area contributed by atoms with Gasteiger partial charge >= 0.3 is 0 Å². The summed E-state index contributed by atoms with van der Waals surface area (Å²) < 4.78 is 15.6. The van der Waals surface area contributed by atoms with E-state index in [4.69, 9.17) is 11.6 Å². The second-order valence-electron chi connectivity index (χ2n) is 5.66. The van der Waals surface area contributed by atoms with Crippen LogP contribution in [-0.4, -0.2) is 28.0 Å². The molecule has 0 unspecified atom stereocenters. The van der Waals surface area contributed by atoms with E-state index in [0.717, 1.165) is 0 Å². The second kappa shape index (κ2) is 8.08. The first-order chi connectivity index (χ1) is 11.0. The predicted octanol–water partition coefficient (Wildman–Crippen LogP) is 2.93. The quantitative estimate of drug-likeness (QED) is 0.816. The van der Waals surface area contributed by atoms with Crippen LogP contribution in [0.3, 0.4) is 0 Å². The highest BCUT2D eigenvalue weighted by atomic mass is 35.5. The monoisotopic (exact) mass is 338 g/mol. The van der Waals surface area contributed by atoms with Crippen molar-refractivity contribution in [1.29, 1.82) is 0 Å². The molecule has 0 spiro atoms. The van der Waals surface area contributed by atoms with Crippen LogP contribution in [0.25, 0.3) is 0 Å². The molecule has 7 heteroatoms. The maximum Gasteiger partial charge on any atom is 0.238 e. The third-order valence-corrected chi connectivity index (χ3v) is 3.74. The van der Waals surface area contributed by atoms with Crippen molar-refractivity contribution in [3.05, 3.63) is 47.8 Å². The van der Waals surface area contributed by atoms with Crippen molar-refractivity contribution >= 4 is 23.2 Å². The Hall–Kier alpha value is -1.92. The number of nitrogens with one attached hydrogen (secondary N) is 2. The van der Waals surface area contributed by atoms with Gasteiger partial charge in [-0.05, 0) is 24.1 Å². The largest absolute Gasteiger partial charge is 0.336 e. The first-order valence-corrected chi connectivity index (χ1v) is 7.77. The first kappa shape index (κ1) is 17.4. The molecule has 2 rings (SSSR count). The number of rotatable bonds is 7. The number of carbonyl (C=O) groups excluding carboxylic acids is 1. The zero-order chi connectivity index (χ0) is 16.8. The van der Waals surface area contributed by atoms with Crippen molar-refractivity contribution in [2.75, 3.05) is 11.9 Å². The molecule has 1 heterocycles. The van der Waals surface area contributed by atoms with Gasteiger partial charge in [0.05, 0.1) is 18.6 Å². The van der Waals surface area contributed by atoms with E-state index >= 15 is 0 Å². The van der Waals surface area contributed by atoms with Crippen molar-refractivity contribution in [3.8, 4) is 0 Å². The van der Waals surface area contributed by atoms with Gasteiger partial charge in [-0.3, -0.25) is 4.79 Å². The molecule has 0 saturated carbocycles. The summed E-state index contributed by atoms with van der Waals surface area (Å²) in [6.07, 6.45) is 5.33. The van der Waals surface area contributed by atoms with Crippen LogP contribution in [0.4, 0.5) is 10.1 Å². The van der Waals surface area contributed by atoms with E-state index in [1.54, 1.807) is 12.5 Å². The molecule has 1 aromatic heterocycles. The van der Waals surface area contributed by atoms with Crippen molar-refractivity contribution in [2.24, 2.45) is 5.92 Å². The van der Waals surface area contributed by atoms with Gasteiger partial charge in [0.1, 0.15) is 5.82 Å². The van der Waals surface area contributed by atoms with Gasteiger partial charge in [-0.25, -0.2) is 9.37 Å². The number of carbonyl (C=O) groups is 1. The van der Waals surface area contributed by atoms with Crippen LogP contribution in [-0.2, 0) is 11.3 Å². The van der Waals surface area contributed by atoms with Gasteiger partial charge in [-0.1, -0.05) is 25.4 Å². The van der Waals surface area contributed by atoms with Crippen molar-refractivity contribution in [3.63, 3.8) is 0 Å². The lowest BCUT2D eigenvalue weighted by molar-refractivity contribution is -0.115. The molecular weight excluding hydrogens is 319 g/mol. The minimum Gasteiger partial charge on any atom is -0.336 e. The standard InChI is InChI=1S/C16H20ClFN4O/c1-11(2)15(9-22-6-5-19-10-22)20-8-16(23)21-14-4-3-12(17)7-13(14)18/h3-7,10-11,15,20H,8-9H2,1-2H3,(H,21,23)/t15-/m0/s1. The van der Waals surface area contributed by atoms with E-state index in [0.29, 0.717) is 17.5 Å². The highest BCUT2D eigenvalue weighted by Crippen LogP contribution is 2.18. The zero-order valence-corrected chi connectivity index (χ0v) is 13.8. The molecule has 1 amide bonds. The van der Waals surface area contributed by atoms with Gasteiger partial charge in [-0.15, -0.1) is 0 Å². The lowest BCUT2D eigenvalue weighted by Crippen LogP contribution is -2.41. The summed E-state index contributed by atoms with van der Waals surface area (Å²) in [7, 11) is 0. The molecule has 124 valence electrons. The molecule has 2 N–H and O–H groups in total. The lowest BCUT2D eigenvalue weighted by Gasteiger charge is -2.22. The summed E-state index contributed by atoms with van der Waals surface area (Å²) in [4.78, 5) is 16.0. The fourth-order valence-corrected chi connectivity index (χ4v) is 2.30. The summed E-state index contributed by atoms with van der Waals surface area (Å²) in [5.74, 6) is -0.523. The van der Waals surface area contributed by atoms with Crippen LogP contribution >= 0.6 is 11.6 Å². The summed E-state index contributed by atoms with van der Waals surface area (Å²) in [6, 6.07) is 4.25. The van der Waals surface area contributed by atoms with E-state index < -0.39 is 5.82 Å². The molecule has 23 heavy (non-hydrogen) atoms. The lowest BCUT2D eigenvalue weighted by atomic mass is 10.0. The van der Waals surface area contributed by atoms with Crippen LogP contribution in [0, 0.1) is 11.7 Å². The van der Waals surface area contributed by atoms with Gasteiger partial charge in [0, 0.05) is 30.0 Å². The smallest absolute Gasteiger partial charge is 0.238 e. The van der Waals surface area contributed by atoms with Crippen LogP contribution in [0.1, 0.15) is 13.8 Å². The van der Waals surface area contributed by atoms with Gasteiger partial charge in [0.25, 0.3) is 0 Å². The molecule has 2 aromatic rings. The fraction of sp³-hybridized carbons (Fsp3) is 0.375. The molecular formula is C16H20ClFN4O. The van der Waals surface area contributed by atoms with Crippen molar-refractivity contribution in [1.82, 2.24) is 14.9 Å². The topological polar surface area (TPSA) is 59.0 Å². The molecule has 0 bridgehead atoms. The average Bonchev–Trinajstić information content (AvgIpc) is 2.99. The van der Waals surface area contributed by atoms with Gasteiger partial charge < -0.3 is 15.2 Å². The third-order valence-electron chi connectivity index (χ3n) is 3.50. The Morgan fingerprint density at radius 2 is 2.22 bits per heavy atom. The Bertz CT molecular complexity index is 646. The van der Waals surface area contributed by atoms with E-state index in [1.165, 1.54) is 18.2 Å². The number of benzene rings is 1. The van der Waals surface area contributed by atoms with E-state index in [1.807, 2.05) is 10.8 Å². The number of halogens is 2. The maximum absolute atomic E-state index is 13.7. The number of hydrogen-bond acceptors (Lipinski definition) is 3. The van der Waals surface area contributed by atoms with Crippen LogP contribution < -0.4 is 10.6 Å². The van der Waals surface area contributed by atoms with Crippen LogP contribution in [0.15, 0.2) is 36.9 Å². The minimum absolute atomic E-state index is 0.0968. The molecule has 0 fully saturated rings. The molecule has 0 radical (unpaired) electrons. The number of amides is 1. The summed E-state index contributed by atoms with van der Waals surface area (Å²) in [5.41, 5.74) is 0.122. The third kappa shape index (κ3) is 5.33. The number of imidazole rings is 1. The highest BCUT2D eigenvalue weighted by Gasteiger charge is 2.15. The molecule has 0 aliphatic rings. The van der Waals surface area contributed by atoms with E-state index in [2.05, 4.69) is 29.5 Å². The van der Waals surface area contributed by atoms with Crippen LogP contribution in [0.5, 0.6) is 0 Å². The molecule has 5 nitrogen and oxygen atoms in total. The number of hydrogen-bond donors (Lipinski definition) is 2. The molecule has 1 atom stereocenters. The first-order valence-electron chi connectivity index (χ1n) is 7.39. The van der Waals surface area contributed by atoms with E-state index in [9.17, 15) is 9.18 Å².